The van der Waals surface area contributed by atoms with E-state index < -0.39 is 8.56 Å². The molecule has 3 rings (SSSR count). The minimum atomic E-state index is -3.40. The monoisotopic (exact) mass is 348 g/mol. The standard InChI is InChI=1S/C22H24O2Si/c1-22(2,3)20-16-10-11-17-21(20)25(23,19-14-8-5-9-15-19)24-18-12-6-4-7-13-18/h4-17,23H,1-3H3. The summed E-state index contributed by atoms with van der Waals surface area (Å²) >= 11 is 0. The highest BCUT2D eigenvalue weighted by Crippen LogP contribution is 2.23. The molecule has 0 fully saturated rings. The van der Waals surface area contributed by atoms with E-state index in [1.54, 1.807) is 0 Å². The van der Waals surface area contributed by atoms with Crippen molar-refractivity contribution in [2.45, 2.75) is 26.2 Å². The van der Waals surface area contributed by atoms with Gasteiger partial charge in [0, 0.05) is 10.4 Å². The van der Waals surface area contributed by atoms with E-state index in [9.17, 15) is 4.80 Å². The molecule has 0 aliphatic rings. The fraction of sp³-hybridized carbons (Fsp3) is 0.182. The van der Waals surface area contributed by atoms with E-state index in [0.29, 0.717) is 5.75 Å². The van der Waals surface area contributed by atoms with Gasteiger partial charge in [-0.2, -0.15) is 0 Å². The zero-order valence-electron chi connectivity index (χ0n) is 14.9. The Morgan fingerprint density at radius 3 is 1.84 bits per heavy atom. The molecule has 0 saturated heterocycles. The molecule has 0 amide bonds. The quantitative estimate of drug-likeness (QED) is 0.730. The topological polar surface area (TPSA) is 29.5 Å². The largest absolute Gasteiger partial charge is 0.514 e. The summed E-state index contributed by atoms with van der Waals surface area (Å²) in [7, 11) is -3.40. The maximum absolute atomic E-state index is 11.9. The van der Waals surface area contributed by atoms with Crippen molar-refractivity contribution in [1.29, 1.82) is 0 Å². The highest BCUT2D eigenvalue weighted by atomic mass is 28.4. The summed E-state index contributed by atoms with van der Waals surface area (Å²) in [6, 6.07) is 27.4. The Labute approximate surface area is 151 Å². The molecule has 1 unspecified atom stereocenters. The third-order valence-electron chi connectivity index (χ3n) is 4.27. The SMILES string of the molecule is CC(C)(C)c1ccccc1[Si](O)(Oc1ccccc1)c1ccccc1. The van der Waals surface area contributed by atoms with Gasteiger partial charge in [-0.1, -0.05) is 93.6 Å². The van der Waals surface area contributed by atoms with Crippen LogP contribution in [0.3, 0.4) is 0 Å². The van der Waals surface area contributed by atoms with Crippen LogP contribution in [0.1, 0.15) is 26.3 Å². The zero-order chi connectivity index (χ0) is 17.9. The minimum absolute atomic E-state index is 0.0909. The summed E-state index contributed by atoms with van der Waals surface area (Å²) in [6.07, 6.45) is 0. The average Bonchev–Trinajstić information content (AvgIpc) is 2.62. The lowest BCUT2D eigenvalue weighted by molar-refractivity contribution is 0.408. The smallest absolute Gasteiger partial charge is 0.466 e. The van der Waals surface area contributed by atoms with Gasteiger partial charge in [0.1, 0.15) is 5.75 Å². The van der Waals surface area contributed by atoms with Crippen LogP contribution in [-0.2, 0) is 5.41 Å². The fourth-order valence-corrected chi connectivity index (χ4v) is 5.83. The predicted molar refractivity (Wildman–Crippen MR) is 106 cm³/mol. The Kier molecular flexibility index (Phi) is 4.79. The van der Waals surface area contributed by atoms with Gasteiger partial charge in [-0.05, 0) is 23.1 Å². The Morgan fingerprint density at radius 2 is 1.24 bits per heavy atom. The van der Waals surface area contributed by atoms with Crippen LogP contribution in [0.5, 0.6) is 5.75 Å². The summed E-state index contributed by atoms with van der Waals surface area (Å²) in [6.45, 7) is 6.48. The van der Waals surface area contributed by atoms with Crippen molar-refractivity contribution in [2.75, 3.05) is 0 Å². The van der Waals surface area contributed by atoms with Crippen LogP contribution in [0, 0.1) is 0 Å². The summed E-state index contributed by atoms with van der Waals surface area (Å²) < 4.78 is 6.30. The van der Waals surface area contributed by atoms with Crippen molar-refractivity contribution < 1.29 is 9.22 Å². The molecule has 0 aliphatic heterocycles. The Hall–Kier alpha value is -2.36. The third kappa shape index (κ3) is 3.68. The zero-order valence-corrected chi connectivity index (χ0v) is 15.9. The number of para-hydroxylation sites is 1. The number of hydrogen-bond donors (Lipinski definition) is 1. The van der Waals surface area contributed by atoms with E-state index >= 15 is 0 Å². The number of benzene rings is 3. The first-order valence-electron chi connectivity index (χ1n) is 8.53. The molecule has 0 saturated carbocycles. The lowest BCUT2D eigenvalue weighted by atomic mass is 9.87. The van der Waals surface area contributed by atoms with E-state index in [-0.39, 0.29) is 5.41 Å². The second kappa shape index (κ2) is 6.87. The van der Waals surface area contributed by atoms with Crippen LogP contribution >= 0.6 is 0 Å². The molecule has 0 aromatic heterocycles. The van der Waals surface area contributed by atoms with E-state index in [1.165, 1.54) is 0 Å². The van der Waals surface area contributed by atoms with Gasteiger partial charge < -0.3 is 9.22 Å². The van der Waals surface area contributed by atoms with E-state index in [4.69, 9.17) is 4.43 Å². The van der Waals surface area contributed by atoms with Gasteiger partial charge in [0.15, 0.2) is 0 Å². The van der Waals surface area contributed by atoms with Crippen LogP contribution in [0.4, 0.5) is 0 Å². The highest BCUT2D eigenvalue weighted by Gasteiger charge is 2.44. The second-order valence-electron chi connectivity index (χ2n) is 7.22. The normalized spacial score (nSPS) is 13.9. The van der Waals surface area contributed by atoms with Crippen molar-refractivity contribution in [3.63, 3.8) is 0 Å². The molecule has 0 radical (unpaired) electrons. The lowest BCUT2D eigenvalue weighted by Gasteiger charge is -2.32. The van der Waals surface area contributed by atoms with Gasteiger partial charge in [-0.25, -0.2) is 0 Å². The van der Waals surface area contributed by atoms with Crippen molar-refractivity contribution in [2.24, 2.45) is 0 Å². The first-order valence-corrected chi connectivity index (χ1v) is 10.4. The van der Waals surface area contributed by atoms with Crippen LogP contribution in [-0.4, -0.2) is 13.4 Å². The van der Waals surface area contributed by atoms with Crippen molar-refractivity contribution in [1.82, 2.24) is 0 Å². The van der Waals surface area contributed by atoms with Gasteiger partial charge in [-0.3, -0.25) is 0 Å². The summed E-state index contributed by atoms with van der Waals surface area (Å²) in [5, 5.41) is 1.74. The van der Waals surface area contributed by atoms with E-state index in [0.717, 1.165) is 15.9 Å². The van der Waals surface area contributed by atoms with Crippen LogP contribution in [0.15, 0.2) is 84.9 Å². The third-order valence-corrected chi connectivity index (χ3v) is 7.09. The Balaban J connectivity index is 2.20. The number of rotatable bonds is 4. The van der Waals surface area contributed by atoms with Crippen molar-refractivity contribution in [3.05, 3.63) is 90.5 Å². The minimum Gasteiger partial charge on any atom is -0.514 e. The molecule has 3 aromatic rings. The summed E-state index contributed by atoms with van der Waals surface area (Å²) in [5.74, 6) is 0.684. The molecule has 2 nitrogen and oxygen atoms in total. The van der Waals surface area contributed by atoms with E-state index in [1.807, 2.05) is 78.9 Å². The molecule has 1 atom stereocenters. The maximum atomic E-state index is 11.9. The van der Waals surface area contributed by atoms with Gasteiger partial charge in [0.25, 0.3) is 0 Å². The Morgan fingerprint density at radius 1 is 0.720 bits per heavy atom. The van der Waals surface area contributed by atoms with Crippen molar-refractivity contribution >= 4 is 18.9 Å². The van der Waals surface area contributed by atoms with Crippen LogP contribution in [0.2, 0.25) is 0 Å². The lowest BCUT2D eigenvalue weighted by Crippen LogP contribution is -2.65. The van der Waals surface area contributed by atoms with Crippen LogP contribution in [0.25, 0.3) is 0 Å². The molecule has 0 aliphatic carbocycles. The summed E-state index contributed by atoms with van der Waals surface area (Å²) in [5.41, 5.74) is 1.02. The molecule has 3 heteroatoms. The first-order chi connectivity index (χ1) is 11.9. The van der Waals surface area contributed by atoms with Crippen molar-refractivity contribution in [3.8, 4) is 5.75 Å². The fourth-order valence-electron chi connectivity index (χ4n) is 3.03. The number of hydrogen-bond acceptors (Lipinski definition) is 2. The molecule has 25 heavy (non-hydrogen) atoms. The molecule has 128 valence electrons. The molecule has 0 bridgehead atoms. The predicted octanol–water partition coefficient (Wildman–Crippen LogP) is 3.61. The highest BCUT2D eigenvalue weighted by molar-refractivity contribution is 6.92. The molecular weight excluding hydrogens is 324 g/mol. The molecule has 0 heterocycles. The second-order valence-corrected chi connectivity index (χ2v) is 9.83. The van der Waals surface area contributed by atoms with Crippen LogP contribution < -0.4 is 14.8 Å². The van der Waals surface area contributed by atoms with Gasteiger partial charge in [0.05, 0.1) is 0 Å². The van der Waals surface area contributed by atoms with E-state index in [2.05, 4.69) is 26.8 Å². The van der Waals surface area contributed by atoms with Gasteiger partial charge in [0.2, 0.25) is 0 Å². The van der Waals surface area contributed by atoms with Gasteiger partial charge in [-0.15, -0.1) is 0 Å². The molecule has 0 spiro atoms. The maximum Gasteiger partial charge on any atom is 0.466 e. The molecule has 3 aromatic carbocycles. The first kappa shape index (κ1) is 17.5. The van der Waals surface area contributed by atoms with Gasteiger partial charge >= 0.3 is 8.56 Å². The summed E-state index contributed by atoms with van der Waals surface area (Å²) in [4.78, 5) is 11.9. The molecular formula is C22H24O2Si. The Bertz CT molecular complexity index is 825. The average molecular weight is 349 g/mol. The molecule has 1 N–H and O–H groups in total.